The highest BCUT2D eigenvalue weighted by Gasteiger charge is 2.17. The fourth-order valence-corrected chi connectivity index (χ4v) is 2.92. The Balaban J connectivity index is 1.70. The number of nitrogens with zero attached hydrogens (tertiary/aromatic N) is 1. The molecule has 0 saturated carbocycles. The molecule has 114 valence electrons. The number of ether oxygens (including phenoxy) is 1. The van der Waals surface area contributed by atoms with E-state index in [-0.39, 0.29) is 0 Å². The summed E-state index contributed by atoms with van der Waals surface area (Å²) in [7, 11) is 2.09. The lowest BCUT2D eigenvalue weighted by Gasteiger charge is -2.09. The molecule has 0 saturated heterocycles. The third-order valence-corrected chi connectivity index (χ3v) is 4.31. The van der Waals surface area contributed by atoms with E-state index in [9.17, 15) is 4.79 Å². The van der Waals surface area contributed by atoms with Gasteiger partial charge in [-0.05, 0) is 42.7 Å². The predicted octanol–water partition coefficient (Wildman–Crippen LogP) is 3.66. The summed E-state index contributed by atoms with van der Waals surface area (Å²) in [6.45, 7) is 2.79. The molecule has 1 aliphatic heterocycles. The smallest absolute Gasteiger partial charge is 0.127 e. The highest BCUT2D eigenvalue weighted by atomic mass is 16.5. The lowest BCUT2D eigenvalue weighted by Crippen LogP contribution is -2.03. The van der Waals surface area contributed by atoms with Crippen LogP contribution in [0.4, 0.5) is 0 Å². The first-order valence-electron chi connectivity index (χ1n) is 7.66. The van der Waals surface area contributed by atoms with Crippen LogP contribution < -0.4 is 0 Å². The summed E-state index contributed by atoms with van der Waals surface area (Å²) in [6.07, 6.45) is 4.32. The molecule has 0 spiro atoms. The van der Waals surface area contributed by atoms with Crippen LogP contribution >= 0.6 is 0 Å². The van der Waals surface area contributed by atoms with Gasteiger partial charge < -0.3 is 14.1 Å². The minimum atomic E-state index is 0.373. The van der Waals surface area contributed by atoms with Gasteiger partial charge in [-0.15, -0.1) is 0 Å². The highest BCUT2D eigenvalue weighted by Crippen LogP contribution is 2.25. The van der Waals surface area contributed by atoms with Gasteiger partial charge in [0.2, 0.25) is 0 Å². The van der Waals surface area contributed by atoms with Crippen LogP contribution in [0, 0.1) is 12.8 Å². The van der Waals surface area contributed by atoms with Crippen molar-refractivity contribution in [2.24, 2.45) is 13.0 Å². The summed E-state index contributed by atoms with van der Waals surface area (Å²) in [5.74, 6) is 1.19. The number of carbonyl (C=O) groups is 1. The van der Waals surface area contributed by atoms with E-state index in [4.69, 9.17) is 4.74 Å². The molecule has 0 amide bonds. The van der Waals surface area contributed by atoms with Gasteiger partial charge in [0.1, 0.15) is 6.29 Å². The van der Waals surface area contributed by atoms with E-state index < -0.39 is 0 Å². The average Bonchev–Trinajstić information content (AvgIpc) is 3.09. The van der Waals surface area contributed by atoms with Gasteiger partial charge in [0.05, 0.1) is 18.8 Å². The minimum absolute atomic E-state index is 0.373. The maximum Gasteiger partial charge on any atom is 0.127 e. The second kappa shape index (κ2) is 6.22. The molecule has 22 heavy (non-hydrogen) atoms. The molecule has 3 rings (SSSR count). The van der Waals surface area contributed by atoms with Gasteiger partial charge in [-0.1, -0.05) is 24.3 Å². The number of hydrogen-bond acceptors (Lipinski definition) is 2. The van der Waals surface area contributed by atoms with Crippen molar-refractivity contribution in [2.75, 3.05) is 6.61 Å². The number of hydrogen-bond donors (Lipinski definition) is 0. The summed E-state index contributed by atoms with van der Waals surface area (Å²) in [5, 5.41) is 0. The monoisotopic (exact) mass is 295 g/mol. The zero-order chi connectivity index (χ0) is 15.5. The Bertz CT molecular complexity index is 695. The molecule has 2 aromatic rings. The number of benzene rings is 1. The Morgan fingerprint density at radius 2 is 2.00 bits per heavy atom. The van der Waals surface area contributed by atoms with E-state index in [2.05, 4.69) is 61.0 Å². The first kappa shape index (κ1) is 14.6. The second-order valence-corrected chi connectivity index (χ2v) is 5.89. The van der Waals surface area contributed by atoms with Crippen LogP contribution in [0.25, 0.3) is 11.3 Å². The van der Waals surface area contributed by atoms with Crippen molar-refractivity contribution in [3.05, 3.63) is 59.5 Å². The Morgan fingerprint density at radius 1 is 1.23 bits per heavy atom. The number of allylic oxidation sites excluding steroid dienone is 1. The van der Waals surface area contributed by atoms with Gasteiger partial charge in [-0.3, -0.25) is 0 Å². The van der Waals surface area contributed by atoms with Crippen LogP contribution in [0.3, 0.4) is 0 Å². The summed E-state index contributed by atoms with van der Waals surface area (Å²) in [6, 6.07) is 13.0. The summed E-state index contributed by atoms with van der Waals surface area (Å²) >= 11 is 0. The topological polar surface area (TPSA) is 31.2 Å². The molecule has 1 aromatic carbocycles. The lowest BCUT2D eigenvalue weighted by atomic mass is 9.99. The number of carbonyl (C=O) groups excluding carboxylic acids is 1. The zero-order valence-electron chi connectivity index (χ0n) is 13.1. The van der Waals surface area contributed by atoms with Crippen molar-refractivity contribution in [1.82, 2.24) is 4.57 Å². The number of rotatable bonds is 5. The van der Waals surface area contributed by atoms with Crippen molar-refractivity contribution < 1.29 is 9.53 Å². The van der Waals surface area contributed by atoms with Crippen LogP contribution in [0.1, 0.15) is 17.7 Å². The van der Waals surface area contributed by atoms with E-state index in [1.54, 1.807) is 0 Å². The quantitative estimate of drug-likeness (QED) is 0.788. The Hall–Kier alpha value is -2.29. The van der Waals surface area contributed by atoms with Gasteiger partial charge in [0, 0.05) is 24.4 Å². The first-order valence-corrected chi connectivity index (χ1v) is 7.66. The Labute approximate surface area is 131 Å². The third kappa shape index (κ3) is 2.98. The second-order valence-electron chi connectivity index (χ2n) is 5.89. The fraction of sp³-hybridized carbons (Fsp3) is 0.316. The van der Waals surface area contributed by atoms with E-state index >= 15 is 0 Å². The van der Waals surface area contributed by atoms with Gasteiger partial charge >= 0.3 is 0 Å². The number of aldehydes is 1. The average molecular weight is 295 g/mol. The molecule has 0 aliphatic carbocycles. The molecule has 0 bridgehead atoms. The largest absolute Gasteiger partial charge is 0.497 e. The van der Waals surface area contributed by atoms with Crippen molar-refractivity contribution in [1.29, 1.82) is 0 Å². The molecule has 0 fully saturated rings. The predicted molar refractivity (Wildman–Crippen MR) is 87.5 cm³/mol. The summed E-state index contributed by atoms with van der Waals surface area (Å²) in [4.78, 5) is 10.5. The first-order chi connectivity index (χ1) is 10.7. The molecule has 1 atom stereocenters. The standard InChI is InChI=1S/C19H21NO2/c1-14-3-8-19(20(14)2)17-6-4-15(5-7-17)11-16-12-18(9-10-21)22-13-16/h3-8,10,12,16H,9,11,13H2,1-2H3. The molecule has 1 unspecified atom stereocenters. The molecule has 3 heteroatoms. The van der Waals surface area contributed by atoms with Crippen LogP contribution in [0.15, 0.2) is 48.2 Å². The normalized spacial score (nSPS) is 17.2. The SMILES string of the molecule is Cc1ccc(-c2ccc(CC3C=C(CC=O)OC3)cc2)n1C. The molecular formula is C19H21NO2. The maximum atomic E-state index is 10.5. The molecular weight excluding hydrogens is 274 g/mol. The van der Waals surface area contributed by atoms with Crippen molar-refractivity contribution in [3.63, 3.8) is 0 Å². The Kier molecular flexibility index (Phi) is 4.14. The van der Waals surface area contributed by atoms with E-state index in [0.717, 1.165) is 18.5 Å². The maximum absolute atomic E-state index is 10.5. The van der Waals surface area contributed by atoms with Crippen LogP contribution in [0.2, 0.25) is 0 Å². The van der Waals surface area contributed by atoms with Gasteiger partial charge in [0.25, 0.3) is 0 Å². The van der Waals surface area contributed by atoms with Gasteiger partial charge in [-0.2, -0.15) is 0 Å². The number of aryl methyl sites for hydroxylation is 1. The summed E-state index contributed by atoms with van der Waals surface area (Å²) < 4.78 is 7.72. The molecule has 0 radical (unpaired) electrons. The highest BCUT2D eigenvalue weighted by molar-refractivity contribution is 5.61. The Morgan fingerprint density at radius 3 is 2.64 bits per heavy atom. The fourth-order valence-electron chi connectivity index (χ4n) is 2.92. The van der Waals surface area contributed by atoms with Gasteiger partial charge in [-0.25, -0.2) is 0 Å². The minimum Gasteiger partial charge on any atom is -0.497 e. The molecule has 0 N–H and O–H groups in total. The summed E-state index contributed by atoms with van der Waals surface area (Å²) in [5.41, 5.74) is 5.03. The zero-order valence-corrected chi connectivity index (χ0v) is 13.1. The molecule has 1 aromatic heterocycles. The third-order valence-electron chi connectivity index (χ3n) is 4.31. The van der Waals surface area contributed by atoms with Crippen molar-refractivity contribution >= 4 is 6.29 Å². The van der Waals surface area contributed by atoms with E-state index in [1.165, 1.54) is 22.5 Å². The number of aromatic nitrogens is 1. The van der Waals surface area contributed by atoms with Crippen molar-refractivity contribution in [2.45, 2.75) is 19.8 Å². The van der Waals surface area contributed by atoms with E-state index in [1.807, 2.05) is 0 Å². The van der Waals surface area contributed by atoms with Crippen LogP contribution in [-0.4, -0.2) is 17.5 Å². The lowest BCUT2D eigenvalue weighted by molar-refractivity contribution is -0.107. The van der Waals surface area contributed by atoms with E-state index in [0.29, 0.717) is 18.9 Å². The van der Waals surface area contributed by atoms with Crippen LogP contribution in [0.5, 0.6) is 0 Å². The molecule has 1 aliphatic rings. The molecule has 3 nitrogen and oxygen atoms in total. The van der Waals surface area contributed by atoms with Crippen molar-refractivity contribution in [3.8, 4) is 11.3 Å². The molecule has 2 heterocycles. The van der Waals surface area contributed by atoms with Crippen LogP contribution in [-0.2, 0) is 23.0 Å². The van der Waals surface area contributed by atoms with Gasteiger partial charge in [0.15, 0.2) is 0 Å².